The molecule has 0 N–H and O–H groups in total. The molecule has 0 amide bonds. The molecule has 24 heavy (non-hydrogen) atoms. The molecule has 3 heteroatoms. The molecule has 1 aliphatic rings. The summed E-state index contributed by atoms with van der Waals surface area (Å²) in [5, 5.41) is 0. The minimum Gasteiger partial charge on any atom is -0.461 e. The van der Waals surface area contributed by atoms with E-state index in [1.807, 2.05) is 43.3 Å². The Balaban J connectivity index is 1.99. The van der Waals surface area contributed by atoms with Crippen molar-refractivity contribution in [1.29, 1.82) is 0 Å². The van der Waals surface area contributed by atoms with E-state index in [2.05, 4.69) is 35.8 Å². The molecule has 1 aliphatic heterocycles. The second-order valence-electron chi connectivity index (χ2n) is 6.03. The van der Waals surface area contributed by atoms with Crippen LogP contribution >= 0.6 is 0 Å². The molecular formula is C21H19NO2. The van der Waals surface area contributed by atoms with Crippen LogP contribution in [0.4, 0.5) is 0 Å². The zero-order chi connectivity index (χ0) is 16.7. The van der Waals surface area contributed by atoms with Crippen molar-refractivity contribution < 1.29 is 9.53 Å². The summed E-state index contributed by atoms with van der Waals surface area (Å²) in [6.45, 7) is 4.40. The van der Waals surface area contributed by atoms with E-state index in [1.165, 1.54) is 5.56 Å². The Morgan fingerprint density at radius 3 is 2.54 bits per heavy atom. The van der Waals surface area contributed by atoms with Gasteiger partial charge in [-0.05, 0) is 30.2 Å². The maximum atomic E-state index is 12.5. The van der Waals surface area contributed by atoms with Crippen LogP contribution in [0.2, 0.25) is 0 Å². The lowest BCUT2D eigenvalue weighted by atomic mass is 9.94. The highest BCUT2D eigenvalue weighted by molar-refractivity contribution is 5.93. The fourth-order valence-electron chi connectivity index (χ4n) is 3.62. The average molecular weight is 317 g/mol. The predicted molar refractivity (Wildman–Crippen MR) is 94.7 cm³/mol. The molecule has 2 heterocycles. The Kier molecular flexibility index (Phi) is 3.49. The van der Waals surface area contributed by atoms with Gasteiger partial charge < -0.3 is 9.30 Å². The van der Waals surface area contributed by atoms with Gasteiger partial charge in [-0.2, -0.15) is 0 Å². The van der Waals surface area contributed by atoms with Gasteiger partial charge in [0.25, 0.3) is 0 Å². The summed E-state index contributed by atoms with van der Waals surface area (Å²) in [5.41, 5.74) is 6.30. The van der Waals surface area contributed by atoms with Crippen LogP contribution in [0.15, 0.2) is 60.7 Å². The van der Waals surface area contributed by atoms with Crippen LogP contribution < -0.4 is 0 Å². The standard InChI is InChI=1S/C21H19NO2/c1-3-24-21(23)19-13-17(15-9-5-4-6-10-15)20-14(2)16-11-7-8-12-18(16)22(19)20/h4-14H,3H2,1-2H3. The summed E-state index contributed by atoms with van der Waals surface area (Å²) in [5.74, 6) is -0.0376. The summed E-state index contributed by atoms with van der Waals surface area (Å²) < 4.78 is 7.36. The second kappa shape index (κ2) is 5.68. The number of fused-ring (bicyclic) bond motifs is 3. The molecule has 1 atom stereocenters. The van der Waals surface area contributed by atoms with Crippen LogP contribution in [0.25, 0.3) is 16.8 Å². The van der Waals surface area contributed by atoms with Crippen LogP contribution in [0, 0.1) is 0 Å². The maximum Gasteiger partial charge on any atom is 0.355 e. The van der Waals surface area contributed by atoms with E-state index in [-0.39, 0.29) is 11.9 Å². The fourth-order valence-corrected chi connectivity index (χ4v) is 3.62. The predicted octanol–water partition coefficient (Wildman–Crippen LogP) is 4.79. The summed E-state index contributed by atoms with van der Waals surface area (Å²) in [7, 11) is 0. The molecule has 3 aromatic rings. The molecule has 0 aliphatic carbocycles. The normalized spacial score (nSPS) is 15.0. The van der Waals surface area contributed by atoms with Gasteiger partial charge in [0, 0.05) is 22.9 Å². The minimum atomic E-state index is -0.273. The number of carbonyl (C=O) groups is 1. The van der Waals surface area contributed by atoms with E-state index in [0.717, 1.165) is 22.5 Å². The van der Waals surface area contributed by atoms with E-state index in [1.54, 1.807) is 0 Å². The Labute approximate surface area is 141 Å². The average Bonchev–Trinajstić information content (AvgIpc) is 3.14. The van der Waals surface area contributed by atoms with Crippen LogP contribution in [-0.4, -0.2) is 17.1 Å². The van der Waals surface area contributed by atoms with Crippen LogP contribution in [0.5, 0.6) is 0 Å². The Morgan fingerprint density at radius 2 is 1.79 bits per heavy atom. The van der Waals surface area contributed by atoms with Crippen molar-refractivity contribution >= 4 is 5.97 Å². The Morgan fingerprint density at radius 1 is 1.08 bits per heavy atom. The van der Waals surface area contributed by atoms with Crippen molar-refractivity contribution in [3.8, 4) is 16.8 Å². The lowest BCUT2D eigenvalue weighted by Crippen LogP contribution is -2.10. The molecule has 120 valence electrons. The van der Waals surface area contributed by atoms with Crippen LogP contribution in [0.3, 0.4) is 0 Å². The number of aromatic nitrogens is 1. The lowest BCUT2D eigenvalue weighted by molar-refractivity contribution is 0.0517. The number of rotatable bonds is 3. The fraction of sp³-hybridized carbons (Fsp3) is 0.190. The van der Waals surface area contributed by atoms with Gasteiger partial charge in [-0.1, -0.05) is 55.5 Å². The Bertz CT molecular complexity index is 909. The largest absolute Gasteiger partial charge is 0.461 e. The third-order valence-corrected chi connectivity index (χ3v) is 4.66. The van der Waals surface area contributed by atoms with Gasteiger partial charge in [0.2, 0.25) is 0 Å². The van der Waals surface area contributed by atoms with Crippen molar-refractivity contribution in [3.63, 3.8) is 0 Å². The smallest absolute Gasteiger partial charge is 0.355 e. The van der Waals surface area contributed by atoms with Crippen molar-refractivity contribution in [3.05, 3.63) is 77.6 Å². The highest BCUT2D eigenvalue weighted by Gasteiger charge is 2.33. The van der Waals surface area contributed by atoms with E-state index in [0.29, 0.717) is 12.3 Å². The number of ether oxygens (including phenoxy) is 1. The molecule has 0 saturated carbocycles. The molecule has 1 aromatic heterocycles. The van der Waals surface area contributed by atoms with Crippen LogP contribution in [0.1, 0.15) is 41.5 Å². The first-order chi connectivity index (χ1) is 11.7. The van der Waals surface area contributed by atoms with E-state index >= 15 is 0 Å². The zero-order valence-electron chi connectivity index (χ0n) is 13.8. The molecule has 4 rings (SSSR count). The van der Waals surface area contributed by atoms with E-state index < -0.39 is 0 Å². The summed E-state index contributed by atoms with van der Waals surface area (Å²) in [6.07, 6.45) is 0. The van der Waals surface area contributed by atoms with Gasteiger partial charge in [-0.3, -0.25) is 0 Å². The minimum absolute atomic E-state index is 0.236. The maximum absolute atomic E-state index is 12.5. The SMILES string of the molecule is CCOC(=O)c1cc(-c2ccccc2)c2n1-c1ccccc1C2C. The molecule has 0 bridgehead atoms. The van der Waals surface area contributed by atoms with Crippen molar-refractivity contribution in [2.24, 2.45) is 0 Å². The summed E-state index contributed by atoms with van der Waals surface area (Å²) in [4.78, 5) is 12.5. The zero-order valence-corrected chi connectivity index (χ0v) is 13.8. The number of esters is 1. The molecular weight excluding hydrogens is 298 g/mol. The van der Waals surface area contributed by atoms with Gasteiger partial charge in [-0.15, -0.1) is 0 Å². The number of hydrogen-bond donors (Lipinski definition) is 0. The lowest BCUT2D eigenvalue weighted by Gasteiger charge is -2.08. The summed E-state index contributed by atoms with van der Waals surface area (Å²) in [6, 6.07) is 20.5. The van der Waals surface area contributed by atoms with Gasteiger partial charge in [-0.25, -0.2) is 4.79 Å². The molecule has 2 aromatic carbocycles. The monoisotopic (exact) mass is 317 g/mol. The first-order valence-electron chi connectivity index (χ1n) is 8.29. The van der Waals surface area contributed by atoms with E-state index in [4.69, 9.17) is 4.74 Å². The van der Waals surface area contributed by atoms with Gasteiger partial charge in [0.05, 0.1) is 6.61 Å². The first-order valence-corrected chi connectivity index (χ1v) is 8.29. The van der Waals surface area contributed by atoms with Crippen molar-refractivity contribution in [1.82, 2.24) is 4.57 Å². The number of nitrogens with zero attached hydrogens (tertiary/aromatic N) is 1. The number of para-hydroxylation sites is 1. The highest BCUT2D eigenvalue weighted by Crippen LogP contribution is 2.44. The second-order valence-corrected chi connectivity index (χ2v) is 6.03. The van der Waals surface area contributed by atoms with Gasteiger partial charge in [0.15, 0.2) is 0 Å². The molecule has 3 nitrogen and oxygen atoms in total. The first kappa shape index (κ1) is 14.8. The third-order valence-electron chi connectivity index (χ3n) is 4.66. The van der Waals surface area contributed by atoms with Gasteiger partial charge >= 0.3 is 5.97 Å². The highest BCUT2D eigenvalue weighted by atomic mass is 16.5. The molecule has 0 saturated heterocycles. The topological polar surface area (TPSA) is 31.2 Å². The number of hydrogen-bond acceptors (Lipinski definition) is 2. The molecule has 1 unspecified atom stereocenters. The van der Waals surface area contributed by atoms with Crippen LogP contribution in [-0.2, 0) is 4.74 Å². The molecule has 0 spiro atoms. The van der Waals surface area contributed by atoms with E-state index in [9.17, 15) is 4.79 Å². The van der Waals surface area contributed by atoms with Crippen molar-refractivity contribution in [2.75, 3.05) is 6.61 Å². The molecule has 0 radical (unpaired) electrons. The summed E-state index contributed by atoms with van der Waals surface area (Å²) >= 11 is 0. The number of carbonyl (C=O) groups excluding carboxylic acids is 1. The number of benzene rings is 2. The quantitative estimate of drug-likeness (QED) is 0.651. The van der Waals surface area contributed by atoms with Gasteiger partial charge in [0.1, 0.15) is 5.69 Å². The van der Waals surface area contributed by atoms with Crippen molar-refractivity contribution in [2.45, 2.75) is 19.8 Å². The third kappa shape index (κ3) is 2.08. The Hall–Kier alpha value is -2.81. The molecule has 0 fully saturated rings.